The minimum Gasteiger partial charge on any atom is -0.383 e. The van der Waals surface area contributed by atoms with E-state index in [1.54, 1.807) is 20.2 Å². The number of ether oxygens (including phenoxy) is 1. The van der Waals surface area contributed by atoms with E-state index in [-0.39, 0.29) is 12.1 Å². The summed E-state index contributed by atoms with van der Waals surface area (Å²) in [6, 6.07) is 4.25. The number of methoxy groups -OCH3 is 1. The van der Waals surface area contributed by atoms with Gasteiger partial charge in [0.1, 0.15) is 0 Å². The molecule has 0 radical (unpaired) electrons. The largest absolute Gasteiger partial charge is 0.383 e. The molecule has 5 heteroatoms. The second-order valence-corrected chi connectivity index (χ2v) is 4.88. The van der Waals surface area contributed by atoms with Crippen LogP contribution in [-0.2, 0) is 4.74 Å². The normalized spacial score (nSPS) is 14.6. The van der Waals surface area contributed by atoms with Gasteiger partial charge in [0.25, 0.3) is 0 Å². The van der Waals surface area contributed by atoms with Gasteiger partial charge in [0.15, 0.2) is 11.6 Å². The van der Waals surface area contributed by atoms with Gasteiger partial charge >= 0.3 is 0 Å². The third kappa shape index (κ3) is 4.23. The topological polar surface area (TPSA) is 24.5 Å². The van der Waals surface area contributed by atoms with Crippen molar-refractivity contribution < 1.29 is 13.5 Å². The predicted molar refractivity (Wildman–Crippen MR) is 76.7 cm³/mol. The minimum absolute atomic E-state index is 0.220. The molecule has 0 saturated heterocycles. The highest BCUT2D eigenvalue weighted by Gasteiger charge is 2.21. The number of likely N-dealkylation sites (N-methyl/N-ethyl adjacent to an activating group) is 2. The molecule has 0 aliphatic carbocycles. The van der Waals surface area contributed by atoms with E-state index in [1.807, 2.05) is 6.92 Å². The van der Waals surface area contributed by atoms with Crippen LogP contribution >= 0.6 is 0 Å². The monoisotopic (exact) mass is 286 g/mol. The second kappa shape index (κ2) is 8.29. The van der Waals surface area contributed by atoms with Crippen molar-refractivity contribution in [2.45, 2.75) is 25.9 Å². The first-order valence-electron chi connectivity index (χ1n) is 6.89. The highest BCUT2D eigenvalue weighted by atomic mass is 19.2. The van der Waals surface area contributed by atoms with Gasteiger partial charge in [-0.2, -0.15) is 0 Å². The Hall–Kier alpha value is -1.04. The summed E-state index contributed by atoms with van der Waals surface area (Å²) >= 11 is 0. The number of benzene rings is 1. The fourth-order valence-corrected chi connectivity index (χ4v) is 2.34. The molecule has 114 valence electrons. The maximum absolute atomic E-state index is 13.9. The second-order valence-electron chi connectivity index (χ2n) is 4.88. The zero-order valence-electron chi connectivity index (χ0n) is 12.6. The van der Waals surface area contributed by atoms with Gasteiger partial charge in [0, 0.05) is 31.3 Å². The Morgan fingerprint density at radius 2 is 2.05 bits per heavy atom. The third-order valence-electron chi connectivity index (χ3n) is 3.56. The van der Waals surface area contributed by atoms with E-state index in [0.717, 1.165) is 12.6 Å². The molecule has 0 aromatic heterocycles. The lowest BCUT2D eigenvalue weighted by Gasteiger charge is -2.31. The molecule has 3 nitrogen and oxygen atoms in total. The fourth-order valence-electron chi connectivity index (χ4n) is 2.34. The van der Waals surface area contributed by atoms with Gasteiger partial charge < -0.3 is 10.1 Å². The quantitative estimate of drug-likeness (QED) is 0.795. The van der Waals surface area contributed by atoms with Crippen molar-refractivity contribution in [2.24, 2.45) is 0 Å². The first kappa shape index (κ1) is 17.0. The lowest BCUT2D eigenvalue weighted by molar-refractivity contribution is 0.0959. The number of rotatable bonds is 8. The number of nitrogens with one attached hydrogen (secondary N) is 1. The Morgan fingerprint density at radius 1 is 1.35 bits per heavy atom. The van der Waals surface area contributed by atoms with Crippen molar-refractivity contribution in [2.75, 3.05) is 33.9 Å². The highest BCUT2D eigenvalue weighted by Crippen LogP contribution is 2.20. The number of halogens is 2. The maximum atomic E-state index is 13.9. The van der Waals surface area contributed by atoms with Crippen LogP contribution in [0.2, 0.25) is 0 Å². The molecule has 0 spiro atoms. The van der Waals surface area contributed by atoms with E-state index >= 15 is 0 Å². The Kier molecular flexibility index (Phi) is 7.05. The Balaban J connectivity index is 2.87. The van der Waals surface area contributed by atoms with Crippen LogP contribution in [0.5, 0.6) is 0 Å². The summed E-state index contributed by atoms with van der Waals surface area (Å²) < 4.78 is 32.4. The minimum atomic E-state index is -0.810. The van der Waals surface area contributed by atoms with Crippen LogP contribution in [0.4, 0.5) is 8.78 Å². The Morgan fingerprint density at radius 3 is 2.60 bits per heavy atom. The maximum Gasteiger partial charge on any atom is 0.163 e. The molecule has 1 aromatic carbocycles. The molecule has 0 aliphatic rings. The molecule has 1 aromatic rings. The summed E-state index contributed by atoms with van der Waals surface area (Å²) in [6.45, 7) is 6.12. The molecule has 0 amide bonds. The predicted octanol–water partition coefficient (Wildman–Crippen LogP) is 2.58. The summed E-state index contributed by atoms with van der Waals surface area (Å²) in [7, 11) is 3.41. The summed E-state index contributed by atoms with van der Waals surface area (Å²) in [5, 5.41) is 3.06. The lowest BCUT2D eigenvalue weighted by atomic mass is 10.0. The molecular weight excluding hydrogens is 262 g/mol. The van der Waals surface area contributed by atoms with Gasteiger partial charge in [-0.25, -0.2) is 8.78 Å². The van der Waals surface area contributed by atoms with Gasteiger partial charge in [0.2, 0.25) is 0 Å². The average molecular weight is 286 g/mol. The van der Waals surface area contributed by atoms with E-state index in [2.05, 4.69) is 17.1 Å². The van der Waals surface area contributed by atoms with Crippen molar-refractivity contribution in [1.29, 1.82) is 0 Å². The van der Waals surface area contributed by atoms with Gasteiger partial charge in [0.05, 0.1) is 6.61 Å². The molecule has 0 fully saturated rings. The van der Waals surface area contributed by atoms with Crippen LogP contribution in [-0.4, -0.2) is 44.8 Å². The van der Waals surface area contributed by atoms with E-state index in [9.17, 15) is 8.78 Å². The van der Waals surface area contributed by atoms with E-state index in [4.69, 9.17) is 4.74 Å². The first-order chi connectivity index (χ1) is 9.54. The molecule has 0 bridgehead atoms. The number of hydrogen-bond donors (Lipinski definition) is 1. The lowest BCUT2D eigenvalue weighted by Crippen LogP contribution is -2.41. The van der Waals surface area contributed by atoms with Crippen LogP contribution in [0, 0.1) is 11.6 Å². The van der Waals surface area contributed by atoms with Gasteiger partial charge in [-0.1, -0.05) is 19.1 Å². The number of hydrogen-bond acceptors (Lipinski definition) is 3. The van der Waals surface area contributed by atoms with E-state index < -0.39 is 11.6 Å². The first-order valence-corrected chi connectivity index (χ1v) is 6.89. The van der Waals surface area contributed by atoms with Gasteiger partial charge in [-0.3, -0.25) is 4.90 Å². The third-order valence-corrected chi connectivity index (χ3v) is 3.56. The standard InChI is InChI=1S/C15H24F2N2O/c1-5-19(11(2)10-20-4)9-14(18-3)12-7-6-8-13(16)15(12)17/h6-8,11,14,18H,5,9-10H2,1-4H3. The molecule has 0 saturated carbocycles. The number of nitrogens with zero attached hydrogens (tertiary/aromatic N) is 1. The van der Waals surface area contributed by atoms with E-state index in [1.165, 1.54) is 6.07 Å². The highest BCUT2D eigenvalue weighted by molar-refractivity contribution is 5.23. The van der Waals surface area contributed by atoms with Gasteiger partial charge in [-0.15, -0.1) is 0 Å². The van der Waals surface area contributed by atoms with Crippen molar-refractivity contribution >= 4 is 0 Å². The zero-order valence-corrected chi connectivity index (χ0v) is 12.6. The van der Waals surface area contributed by atoms with Crippen molar-refractivity contribution in [3.05, 3.63) is 35.4 Å². The van der Waals surface area contributed by atoms with Crippen LogP contribution in [0.1, 0.15) is 25.5 Å². The smallest absolute Gasteiger partial charge is 0.163 e. The molecule has 2 atom stereocenters. The molecule has 1 N–H and O–H groups in total. The van der Waals surface area contributed by atoms with Crippen LogP contribution < -0.4 is 5.32 Å². The molecular formula is C15H24F2N2O. The molecule has 0 aliphatic heterocycles. The summed E-state index contributed by atoms with van der Waals surface area (Å²) in [6.07, 6.45) is 0. The van der Waals surface area contributed by atoms with E-state index in [0.29, 0.717) is 18.7 Å². The molecule has 0 heterocycles. The Bertz CT molecular complexity index is 415. The summed E-state index contributed by atoms with van der Waals surface area (Å²) in [4.78, 5) is 2.18. The Labute approximate surface area is 119 Å². The van der Waals surface area contributed by atoms with Crippen LogP contribution in [0.25, 0.3) is 0 Å². The van der Waals surface area contributed by atoms with Crippen LogP contribution in [0.3, 0.4) is 0 Å². The fraction of sp³-hybridized carbons (Fsp3) is 0.600. The SMILES string of the molecule is CCN(CC(NC)c1cccc(F)c1F)C(C)COC. The van der Waals surface area contributed by atoms with Crippen molar-refractivity contribution in [1.82, 2.24) is 10.2 Å². The summed E-state index contributed by atoms with van der Waals surface area (Å²) in [5.74, 6) is -1.59. The van der Waals surface area contributed by atoms with Gasteiger partial charge in [-0.05, 0) is 26.6 Å². The zero-order chi connectivity index (χ0) is 15.1. The summed E-state index contributed by atoms with van der Waals surface area (Å²) in [5.41, 5.74) is 0.357. The van der Waals surface area contributed by atoms with Crippen molar-refractivity contribution in [3.8, 4) is 0 Å². The van der Waals surface area contributed by atoms with Crippen molar-refractivity contribution in [3.63, 3.8) is 0 Å². The molecule has 1 rings (SSSR count). The molecule has 20 heavy (non-hydrogen) atoms. The molecule has 2 unspecified atom stereocenters. The van der Waals surface area contributed by atoms with Crippen LogP contribution in [0.15, 0.2) is 18.2 Å². The average Bonchev–Trinajstić information content (AvgIpc) is 2.44.